The normalized spacial score (nSPS) is 20.4. The van der Waals surface area contributed by atoms with Crippen LogP contribution < -0.4 is 5.32 Å². The first-order valence-electron chi connectivity index (χ1n) is 8.29. The quantitative estimate of drug-likeness (QED) is 0.820. The molecule has 0 radical (unpaired) electrons. The molecule has 2 rings (SSSR count). The van der Waals surface area contributed by atoms with Crippen LogP contribution in [-0.2, 0) is 11.2 Å². The van der Waals surface area contributed by atoms with E-state index in [-0.39, 0.29) is 5.82 Å². The monoisotopic (exact) mass is 293 g/mol. The van der Waals surface area contributed by atoms with E-state index in [1.807, 2.05) is 13.0 Å². The standard InChI is InChI=1S/C18H28FNO/c1-3-20-17(9-10-18-6-4-5-11-21-18)13-15-7-8-16(19)12-14(15)2/h7-8,12,17-18,20H,3-6,9-11,13H2,1-2H3. The molecule has 1 fully saturated rings. The molecule has 0 aliphatic carbocycles. The van der Waals surface area contributed by atoms with Crippen LogP contribution in [0.15, 0.2) is 18.2 Å². The molecule has 1 aromatic rings. The molecule has 0 aromatic heterocycles. The molecule has 0 amide bonds. The van der Waals surface area contributed by atoms with Crippen molar-refractivity contribution in [2.45, 2.75) is 64.5 Å². The van der Waals surface area contributed by atoms with Crippen molar-refractivity contribution in [1.29, 1.82) is 0 Å². The van der Waals surface area contributed by atoms with Crippen LogP contribution in [0.4, 0.5) is 4.39 Å². The minimum absolute atomic E-state index is 0.146. The summed E-state index contributed by atoms with van der Waals surface area (Å²) in [6.07, 6.45) is 7.36. The largest absolute Gasteiger partial charge is 0.378 e. The van der Waals surface area contributed by atoms with E-state index >= 15 is 0 Å². The van der Waals surface area contributed by atoms with Gasteiger partial charge in [0.1, 0.15) is 5.82 Å². The zero-order chi connectivity index (χ0) is 15.1. The first-order valence-corrected chi connectivity index (χ1v) is 8.29. The third-order valence-corrected chi connectivity index (χ3v) is 4.37. The summed E-state index contributed by atoms with van der Waals surface area (Å²) in [6, 6.07) is 5.56. The van der Waals surface area contributed by atoms with Crippen molar-refractivity contribution in [3.05, 3.63) is 35.1 Å². The number of hydrogen-bond donors (Lipinski definition) is 1. The lowest BCUT2D eigenvalue weighted by molar-refractivity contribution is 0.00860. The zero-order valence-electron chi connectivity index (χ0n) is 13.3. The number of aryl methyl sites for hydroxylation is 1. The van der Waals surface area contributed by atoms with E-state index in [0.29, 0.717) is 12.1 Å². The molecule has 2 nitrogen and oxygen atoms in total. The van der Waals surface area contributed by atoms with Gasteiger partial charge < -0.3 is 10.1 Å². The van der Waals surface area contributed by atoms with E-state index in [0.717, 1.165) is 38.0 Å². The number of rotatable bonds is 7. The second-order valence-corrected chi connectivity index (χ2v) is 6.10. The van der Waals surface area contributed by atoms with Gasteiger partial charge in [0.05, 0.1) is 6.10 Å². The smallest absolute Gasteiger partial charge is 0.123 e. The highest BCUT2D eigenvalue weighted by molar-refractivity contribution is 5.27. The molecule has 1 heterocycles. The Kier molecular flexibility index (Phi) is 6.65. The first-order chi connectivity index (χ1) is 10.2. The second-order valence-electron chi connectivity index (χ2n) is 6.10. The van der Waals surface area contributed by atoms with Crippen molar-refractivity contribution >= 4 is 0 Å². The summed E-state index contributed by atoms with van der Waals surface area (Å²) in [5, 5.41) is 3.56. The molecular weight excluding hydrogens is 265 g/mol. The number of nitrogens with one attached hydrogen (secondary N) is 1. The van der Waals surface area contributed by atoms with Crippen molar-refractivity contribution in [2.24, 2.45) is 0 Å². The molecule has 1 aliphatic rings. The van der Waals surface area contributed by atoms with E-state index in [9.17, 15) is 4.39 Å². The van der Waals surface area contributed by atoms with Crippen molar-refractivity contribution < 1.29 is 9.13 Å². The number of likely N-dealkylation sites (N-methyl/N-ethyl adjacent to an activating group) is 1. The zero-order valence-corrected chi connectivity index (χ0v) is 13.3. The van der Waals surface area contributed by atoms with Gasteiger partial charge in [0.15, 0.2) is 0 Å². The van der Waals surface area contributed by atoms with Crippen LogP contribution >= 0.6 is 0 Å². The summed E-state index contributed by atoms with van der Waals surface area (Å²) >= 11 is 0. The van der Waals surface area contributed by atoms with E-state index < -0.39 is 0 Å². The van der Waals surface area contributed by atoms with Gasteiger partial charge in [-0.15, -0.1) is 0 Å². The van der Waals surface area contributed by atoms with Crippen LogP contribution in [0.5, 0.6) is 0 Å². The highest BCUT2D eigenvalue weighted by Gasteiger charge is 2.17. The van der Waals surface area contributed by atoms with Gasteiger partial charge in [-0.05, 0) is 75.3 Å². The Morgan fingerprint density at radius 3 is 2.90 bits per heavy atom. The SMILES string of the molecule is CCNC(CCC1CCCCO1)Cc1ccc(F)cc1C. The lowest BCUT2D eigenvalue weighted by Gasteiger charge is -2.25. The van der Waals surface area contributed by atoms with Crippen LogP contribution in [-0.4, -0.2) is 25.3 Å². The summed E-state index contributed by atoms with van der Waals surface area (Å²) in [4.78, 5) is 0. The predicted molar refractivity (Wildman–Crippen MR) is 85.1 cm³/mol. The molecule has 1 saturated heterocycles. The van der Waals surface area contributed by atoms with E-state index in [1.54, 1.807) is 12.1 Å². The fourth-order valence-electron chi connectivity index (χ4n) is 3.14. The molecule has 0 saturated carbocycles. The first kappa shape index (κ1) is 16.4. The molecule has 21 heavy (non-hydrogen) atoms. The fraction of sp³-hybridized carbons (Fsp3) is 0.667. The summed E-state index contributed by atoms with van der Waals surface area (Å²) in [5.74, 6) is -0.146. The summed E-state index contributed by atoms with van der Waals surface area (Å²) in [6.45, 7) is 6.03. The maximum absolute atomic E-state index is 13.2. The summed E-state index contributed by atoms with van der Waals surface area (Å²) in [7, 11) is 0. The lowest BCUT2D eigenvalue weighted by Crippen LogP contribution is -2.33. The van der Waals surface area contributed by atoms with Crippen LogP contribution in [0, 0.1) is 12.7 Å². The van der Waals surface area contributed by atoms with Crippen LogP contribution in [0.2, 0.25) is 0 Å². The summed E-state index contributed by atoms with van der Waals surface area (Å²) in [5.41, 5.74) is 2.29. The topological polar surface area (TPSA) is 21.3 Å². The van der Waals surface area contributed by atoms with Crippen molar-refractivity contribution in [2.75, 3.05) is 13.2 Å². The molecular formula is C18H28FNO. The number of halogens is 1. The van der Waals surface area contributed by atoms with Crippen LogP contribution in [0.1, 0.15) is 50.2 Å². The van der Waals surface area contributed by atoms with Gasteiger partial charge >= 0.3 is 0 Å². The average Bonchev–Trinajstić information content (AvgIpc) is 2.49. The van der Waals surface area contributed by atoms with Crippen LogP contribution in [0.3, 0.4) is 0 Å². The Bertz CT molecular complexity index is 429. The van der Waals surface area contributed by atoms with Gasteiger partial charge in [0.25, 0.3) is 0 Å². The second kappa shape index (κ2) is 8.50. The minimum atomic E-state index is -0.146. The van der Waals surface area contributed by atoms with Crippen molar-refractivity contribution in [1.82, 2.24) is 5.32 Å². The van der Waals surface area contributed by atoms with E-state index in [2.05, 4.69) is 12.2 Å². The fourth-order valence-corrected chi connectivity index (χ4v) is 3.14. The van der Waals surface area contributed by atoms with Gasteiger partial charge in [-0.25, -0.2) is 4.39 Å². The van der Waals surface area contributed by atoms with E-state index in [1.165, 1.54) is 24.8 Å². The molecule has 0 spiro atoms. The minimum Gasteiger partial charge on any atom is -0.378 e. The lowest BCUT2D eigenvalue weighted by atomic mass is 9.95. The predicted octanol–water partition coefficient (Wildman–Crippen LogP) is 4.00. The molecule has 1 N–H and O–H groups in total. The maximum atomic E-state index is 13.2. The third kappa shape index (κ3) is 5.40. The molecule has 1 aromatic carbocycles. The Morgan fingerprint density at radius 1 is 1.38 bits per heavy atom. The number of benzene rings is 1. The Morgan fingerprint density at radius 2 is 2.24 bits per heavy atom. The van der Waals surface area contributed by atoms with Gasteiger partial charge in [-0.2, -0.15) is 0 Å². The van der Waals surface area contributed by atoms with Gasteiger partial charge in [0, 0.05) is 12.6 Å². The average molecular weight is 293 g/mol. The van der Waals surface area contributed by atoms with E-state index in [4.69, 9.17) is 4.74 Å². The Balaban J connectivity index is 1.88. The summed E-state index contributed by atoms with van der Waals surface area (Å²) < 4.78 is 19.0. The van der Waals surface area contributed by atoms with Crippen molar-refractivity contribution in [3.8, 4) is 0 Å². The highest BCUT2D eigenvalue weighted by Crippen LogP contribution is 2.20. The molecule has 0 bridgehead atoms. The molecule has 1 aliphatic heterocycles. The van der Waals surface area contributed by atoms with Gasteiger partial charge in [-0.1, -0.05) is 13.0 Å². The molecule has 2 unspecified atom stereocenters. The third-order valence-electron chi connectivity index (χ3n) is 4.37. The maximum Gasteiger partial charge on any atom is 0.123 e. The molecule has 2 atom stereocenters. The number of ether oxygens (including phenoxy) is 1. The number of hydrogen-bond acceptors (Lipinski definition) is 2. The highest BCUT2D eigenvalue weighted by atomic mass is 19.1. The van der Waals surface area contributed by atoms with Gasteiger partial charge in [-0.3, -0.25) is 0 Å². The molecule has 3 heteroatoms. The molecule has 118 valence electrons. The van der Waals surface area contributed by atoms with Crippen LogP contribution in [0.25, 0.3) is 0 Å². The van der Waals surface area contributed by atoms with Crippen molar-refractivity contribution in [3.63, 3.8) is 0 Å². The Labute approximate surface area is 128 Å². The Hall–Kier alpha value is -0.930. The van der Waals surface area contributed by atoms with Gasteiger partial charge in [0.2, 0.25) is 0 Å².